The van der Waals surface area contributed by atoms with E-state index in [1.54, 1.807) is 0 Å². The number of benzene rings is 1. The van der Waals surface area contributed by atoms with Crippen LogP contribution in [0.25, 0.3) is 0 Å². The molecule has 2 bridgehead atoms. The highest BCUT2D eigenvalue weighted by atomic mass is 32.2. The van der Waals surface area contributed by atoms with Crippen LogP contribution in [0.15, 0.2) is 35.5 Å². The van der Waals surface area contributed by atoms with Crippen molar-refractivity contribution in [2.24, 2.45) is 21.9 Å². The molecule has 0 radical (unpaired) electrons. The Morgan fingerprint density at radius 3 is 2.70 bits per heavy atom. The molecule has 0 spiro atoms. The Labute approximate surface area is 125 Å². The molecule has 0 amide bonds. The van der Waals surface area contributed by atoms with Crippen LogP contribution in [-0.2, 0) is 5.75 Å². The first-order valence-electron chi connectivity index (χ1n) is 7.43. The van der Waals surface area contributed by atoms with Gasteiger partial charge in [0.1, 0.15) is 0 Å². The summed E-state index contributed by atoms with van der Waals surface area (Å²) >= 11 is 1.98. The second-order valence-electron chi connectivity index (χ2n) is 6.77. The van der Waals surface area contributed by atoms with Gasteiger partial charge < -0.3 is 5.21 Å². The lowest BCUT2D eigenvalue weighted by Gasteiger charge is -2.37. The predicted molar refractivity (Wildman–Crippen MR) is 85.4 cm³/mol. The monoisotopic (exact) mass is 289 g/mol. The number of fused-ring (bicyclic) bond motifs is 2. The Bertz CT molecular complexity index is 511. The van der Waals surface area contributed by atoms with Gasteiger partial charge in [0.15, 0.2) is 0 Å². The van der Waals surface area contributed by atoms with Crippen LogP contribution >= 0.6 is 11.8 Å². The molecule has 2 nitrogen and oxygen atoms in total. The molecule has 1 aromatic carbocycles. The zero-order valence-electron chi connectivity index (χ0n) is 12.3. The first-order chi connectivity index (χ1) is 9.60. The quantitative estimate of drug-likeness (QED) is 0.650. The predicted octanol–water partition coefficient (Wildman–Crippen LogP) is 4.58. The topological polar surface area (TPSA) is 32.6 Å². The maximum Gasteiger partial charge on any atom is 0.0649 e. The third kappa shape index (κ3) is 1.98. The minimum atomic E-state index is 0.117. The first-order valence-corrected chi connectivity index (χ1v) is 8.59. The van der Waals surface area contributed by atoms with Crippen molar-refractivity contribution < 1.29 is 5.21 Å². The van der Waals surface area contributed by atoms with Gasteiger partial charge >= 0.3 is 0 Å². The van der Waals surface area contributed by atoms with E-state index in [1.165, 1.54) is 18.4 Å². The van der Waals surface area contributed by atoms with Gasteiger partial charge in [0, 0.05) is 16.9 Å². The Balaban J connectivity index is 1.72. The third-order valence-electron chi connectivity index (χ3n) is 5.75. The number of hydrogen-bond donors (Lipinski definition) is 1. The Kier molecular flexibility index (Phi) is 3.57. The van der Waals surface area contributed by atoms with Crippen molar-refractivity contribution in [1.29, 1.82) is 0 Å². The molecule has 0 heterocycles. The minimum Gasteiger partial charge on any atom is -0.411 e. The fourth-order valence-corrected chi connectivity index (χ4v) is 5.75. The number of oxime groups is 1. The molecule has 0 aliphatic heterocycles. The summed E-state index contributed by atoms with van der Waals surface area (Å²) < 4.78 is 0. The molecule has 3 heteroatoms. The second kappa shape index (κ2) is 5.10. The van der Waals surface area contributed by atoms with Crippen LogP contribution in [0.2, 0.25) is 0 Å². The van der Waals surface area contributed by atoms with Gasteiger partial charge in [-0.3, -0.25) is 0 Å². The van der Waals surface area contributed by atoms with Gasteiger partial charge in [0.05, 0.1) is 5.71 Å². The lowest BCUT2D eigenvalue weighted by atomic mass is 9.70. The van der Waals surface area contributed by atoms with Gasteiger partial charge in [0.2, 0.25) is 0 Å². The van der Waals surface area contributed by atoms with E-state index >= 15 is 0 Å². The van der Waals surface area contributed by atoms with Crippen molar-refractivity contribution in [3.05, 3.63) is 35.9 Å². The molecule has 1 N–H and O–H groups in total. The molecular weight excluding hydrogens is 266 g/mol. The van der Waals surface area contributed by atoms with Gasteiger partial charge in [0.25, 0.3) is 0 Å². The Morgan fingerprint density at radius 1 is 1.30 bits per heavy atom. The lowest BCUT2D eigenvalue weighted by molar-refractivity contribution is 0.194. The van der Waals surface area contributed by atoms with Gasteiger partial charge in [-0.1, -0.05) is 49.3 Å². The zero-order valence-corrected chi connectivity index (χ0v) is 13.1. The molecular formula is C17H23NOS. The van der Waals surface area contributed by atoms with Crippen molar-refractivity contribution in [1.82, 2.24) is 0 Å². The molecule has 3 rings (SSSR count). The standard InChI is InChI=1S/C17H23NOS/c1-16(2)14-8-9-17(16,15(10-14)18-19)12-20-11-13-6-4-3-5-7-13/h3-7,14,19H,8-12H2,1-2H3/b18-15+/t14-,17-/m1/s1. The smallest absolute Gasteiger partial charge is 0.0649 e. The molecule has 0 aromatic heterocycles. The molecule has 2 saturated carbocycles. The number of nitrogens with zero attached hydrogens (tertiary/aromatic N) is 1. The number of thioether (sulfide) groups is 1. The summed E-state index contributed by atoms with van der Waals surface area (Å²) in [6.45, 7) is 4.73. The van der Waals surface area contributed by atoms with Crippen LogP contribution in [0.3, 0.4) is 0 Å². The summed E-state index contributed by atoms with van der Waals surface area (Å²) in [5.74, 6) is 2.82. The van der Waals surface area contributed by atoms with E-state index in [1.807, 2.05) is 11.8 Å². The van der Waals surface area contributed by atoms with E-state index in [-0.39, 0.29) is 10.8 Å². The van der Waals surface area contributed by atoms with Crippen LogP contribution < -0.4 is 0 Å². The van der Waals surface area contributed by atoms with E-state index < -0.39 is 0 Å². The highest BCUT2D eigenvalue weighted by Gasteiger charge is 2.62. The van der Waals surface area contributed by atoms with Gasteiger partial charge in [-0.2, -0.15) is 11.8 Å². The third-order valence-corrected chi connectivity index (χ3v) is 6.98. The number of hydrogen-bond acceptors (Lipinski definition) is 3. The van der Waals surface area contributed by atoms with E-state index in [4.69, 9.17) is 0 Å². The van der Waals surface area contributed by atoms with Crippen LogP contribution in [-0.4, -0.2) is 16.7 Å². The van der Waals surface area contributed by atoms with Crippen molar-refractivity contribution in [3.63, 3.8) is 0 Å². The summed E-state index contributed by atoms with van der Waals surface area (Å²) in [7, 11) is 0. The fraction of sp³-hybridized carbons (Fsp3) is 0.588. The lowest BCUT2D eigenvalue weighted by Crippen LogP contribution is -2.38. The summed E-state index contributed by atoms with van der Waals surface area (Å²) in [5.41, 5.74) is 2.82. The van der Waals surface area contributed by atoms with Crippen molar-refractivity contribution in [2.75, 3.05) is 5.75 Å². The van der Waals surface area contributed by atoms with Gasteiger partial charge in [-0.05, 0) is 36.2 Å². The van der Waals surface area contributed by atoms with E-state index in [0.717, 1.165) is 23.6 Å². The fourth-order valence-electron chi connectivity index (χ4n) is 4.19. The second-order valence-corrected chi connectivity index (χ2v) is 7.75. The Morgan fingerprint density at radius 2 is 2.05 bits per heavy atom. The summed E-state index contributed by atoms with van der Waals surface area (Å²) in [5, 5.41) is 13.0. The molecule has 2 aliphatic carbocycles. The molecule has 0 saturated heterocycles. The normalized spacial score (nSPS) is 32.9. The van der Waals surface area contributed by atoms with Crippen LogP contribution in [0, 0.1) is 16.7 Å². The summed E-state index contributed by atoms with van der Waals surface area (Å²) in [6.07, 6.45) is 3.47. The van der Waals surface area contributed by atoms with Gasteiger partial charge in [-0.15, -0.1) is 0 Å². The molecule has 108 valence electrons. The molecule has 2 atom stereocenters. The highest BCUT2D eigenvalue weighted by molar-refractivity contribution is 7.98. The molecule has 2 aliphatic rings. The first kappa shape index (κ1) is 14.0. The molecule has 20 heavy (non-hydrogen) atoms. The van der Waals surface area contributed by atoms with Crippen LogP contribution in [0.1, 0.15) is 38.7 Å². The SMILES string of the molecule is CC1(C)[C@@H]2CC[C@@]1(CSCc1ccccc1)/C(=N/O)C2. The summed E-state index contributed by atoms with van der Waals surface area (Å²) in [4.78, 5) is 0. The molecule has 1 aromatic rings. The van der Waals surface area contributed by atoms with Crippen LogP contribution in [0.4, 0.5) is 0 Å². The van der Waals surface area contributed by atoms with Crippen LogP contribution in [0.5, 0.6) is 0 Å². The molecule has 0 unspecified atom stereocenters. The number of rotatable bonds is 4. The largest absolute Gasteiger partial charge is 0.411 e. The average molecular weight is 289 g/mol. The van der Waals surface area contributed by atoms with Gasteiger partial charge in [-0.25, -0.2) is 0 Å². The van der Waals surface area contributed by atoms with E-state index in [9.17, 15) is 5.21 Å². The van der Waals surface area contributed by atoms with E-state index in [2.05, 4.69) is 49.3 Å². The molecule has 2 fully saturated rings. The minimum absolute atomic E-state index is 0.117. The Hall–Kier alpha value is -0.960. The van der Waals surface area contributed by atoms with Crippen molar-refractivity contribution in [2.45, 2.75) is 38.9 Å². The van der Waals surface area contributed by atoms with Crippen molar-refractivity contribution >= 4 is 17.5 Å². The van der Waals surface area contributed by atoms with E-state index in [0.29, 0.717) is 5.92 Å². The maximum atomic E-state index is 9.38. The summed E-state index contributed by atoms with van der Waals surface area (Å²) in [6, 6.07) is 10.6. The van der Waals surface area contributed by atoms with Crippen molar-refractivity contribution in [3.8, 4) is 0 Å². The highest BCUT2D eigenvalue weighted by Crippen LogP contribution is 2.65. The average Bonchev–Trinajstić information content (AvgIpc) is 2.83. The zero-order chi connectivity index (χ0) is 14.2. The maximum absolute atomic E-state index is 9.38.